The van der Waals surface area contributed by atoms with E-state index in [1.54, 1.807) is 24.3 Å². The minimum absolute atomic E-state index is 0.224. The summed E-state index contributed by atoms with van der Waals surface area (Å²) >= 11 is 0. The van der Waals surface area contributed by atoms with Crippen LogP contribution in [-0.4, -0.2) is 28.1 Å². The third kappa shape index (κ3) is 2.98. The fourth-order valence-corrected chi connectivity index (χ4v) is 1.80. The standard InChI is InChI=1S/C13H12F3N3O/c1-19(8-9-5-3-2-4-6-9)12(20)10-7-17-18-11(10)13(14,15)16/h2-7H,8H2,1H3,(H,17,18). The molecule has 1 amide bonds. The van der Waals surface area contributed by atoms with E-state index in [1.807, 2.05) is 11.2 Å². The molecule has 20 heavy (non-hydrogen) atoms. The number of nitrogens with one attached hydrogen (secondary N) is 1. The summed E-state index contributed by atoms with van der Waals surface area (Å²) in [6.07, 6.45) is -3.73. The van der Waals surface area contributed by atoms with Gasteiger partial charge in [-0.2, -0.15) is 18.3 Å². The van der Waals surface area contributed by atoms with Crippen molar-refractivity contribution in [1.29, 1.82) is 0 Å². The van der Waals surface area contributed by atoms with Crippen molar-refractivity contribution < 1.29 is 18.0 Å². The smallest absolute Gasteiger partial charge is 0.337 e. The zero-order valence-corrected chi connectivity index (χ0v) is 10.6. The second kappa shape index (κ2) is 5.36. The van der Waals surface area contributed by atoms with Gasteiger partial charge < -0.3 is 4.90 Å². The first kappa shape index (κ1) is 14.1. The largest absolute Gasteiger partial charge is 0.433 e. The summed E-state index contributed by atoms with van der Waals surface area (Å²) in [4.78, 5) is 13.3. The first-order valence-electron chi connectivity index (χ1n) is 5.79. The zero-order chi connectivity index (χ0) is 14.8. The quantitative estimate of drug-likeness (QED) is 0.941. The summed E-state index contributed by atoms with van der Waals surface area (Å²) in [5, 5.41) is 5.13. The van der Waals surface area contributed by atoms with Crippen LogP contribution >= 0.6 is 0 Å². The lowest BCUT2D eigenvalue weighted by atomic mass is 10.2. The van der Waals surface area contributed by atoms with Gasteiger partial charge in [0.15, 0.2) is 5.69 Å². The first-order chi connectivity index (χ1) is 9.39. The van der Waals surface area contributed by atoms with Crippen LogP contribution in [-0.2, 0) is 12.7 Å². The summed E-state index contributed by atoms with van der Waals surface area (Å²) < 4.78 is 38.1. The number of aromatic nitrogens is 2. The molecule has 2 rings (SSSR count). The summed E-state index contributed by atoms with van der Waals surface area (Å²) in [7, 11) is 1.45. The number of hydrogen-bond donors (Lipinski definition) is 1. The van der Waals surface area contributed by atoms with Crippen LogP contribution in [0, 0.1) is 0 Å². The number of alkyl halides is 3. The van der Waals surface area contributed by atoms with Gasteiger partial charge in [-0.3, -0.25) is 9.89 Å². The van der Waals surface area contributed by atoms with E-state index < -0.39 is 23.3 Å². The number of carbonyl (C=O) groups is 1. The van der Waals surface area contributed by atoms with E-state index in [9.17, 15) is 18.0 Å². The van der Waals surface area contributed by atoms with Gasteiger partial charge in [-0.15, -0.1) is 0 Å². The predicted molar refractivity (Wildman–Crippen MR) is 65.8 cm³/mol. The first-order valence-corrected chi connectivity index (χ1v) is 5.79. The number of rotatable bonds is 3. The van der Waals surface area contributed by atoms with Crippen molar-refractivity contribution in [1.82, 2.24) is 15.1 Å². The molecule has 1 heterocycles. The van der Waals surface area contributed by atoms with E-state index in [2.05, 4.69) is 5.10 Å². The number of halogens is 3. The molecule has 1 aromatic carbocycles. The fraction of sp³-hybridized carbons (Fsp3) is 0.231. The Balaban J connectivity index is 2.18. The molecule has 0 radical (unpaired) electrons. The van der Waals surface area contributed by atoms with Gasteiger partial charge in [-0.1, -0.05) is 30.3 Å². The molecule has 0 saturated heterocycles. The lowest BCUT2D eigenvalue weighted by molar-refractivity contribution is -0.141. The third-order valence-electron chi connectivity index (χ3n) is 2.76. The highest BCUT2D eigenvalue weighted by atomic mass is 19.4. The van der Waals surface area contributed by atoms with Crippen LogP contribution in [0.4, 0.5) is 13.2 Å². The molecule has 0 spiro atoms. The Morgan fingerprint density at radius 1 is 1.30 bits per heavy atom. The SMILES string of the molecule is CN(Cc1ccccc1)C(=O)c1cn[nH]c1C(F)(F)F. The molecule has 0 aliphatic rings. The highest BCUT2D eigenvalue weighted by Crippen LogP contribution is 2.30. The molecule has 0 saturated carbocycles. The normalized spacial score (nSPS) is 11.4. The van der Waals surface area contributed by atoms with Gasteiger partial charge in [0.05, 0.1) is 11.8 Å². The van der Waals surface area contributed by atoms with Gasteiger partial charge in [0.1, 0.15) is 0 Å². The van der Waals surface area contributed by atoms with Crippen LogP contribution in [0.15, 0.2) is 36.5 Å². The zero-order valence-electron chi connectivity index (χ0n) is 10.6. The molecule has 1 N–H and O–H groups in total. The number of carbonyl (C=O) groups excluding carboxylic acids is 1. The van der Waals surface area contributed by atoms with Gasteiger partial charge in [0, 0.05) is 13.6 Å². The molecule has 4 nitrogen and oxygen atoms in total. The second-order valence-corrected chi connectivity index (χ2v) is 4.30. The molecular formula is C13H12F3N3O. The maximum atomic E-state index is 12.7. The van der Waals surface area contributed by atoms with E-state index in [-0.39, 0.29) is 6.54 Å². The van der Waals surface area contributed by atoms with Crippen LogP contribution in [0.5, 0.6) is 0 Å². The Labute approximate surface area is 113 Å². The number of aromatic amines is 1. The van der Waals surface area contributed by atoms with Crippen molar-refractivity contribution in [2.45, 2.75) is 12.7 Å². The molecule has 0 aliphatic heterocycles. The molecule has 2 aromatic rings. The summed E-state index contributed by atoms with van der Waals surface area (Å²) in [5.74, 6) is -0.727. The van der Waals surface area contributed by atoms with Crippen molar-refractivity contribution in [3.63, 3.8) is 0 Å². The van der Waals surface area contributed by atoms with Crippen molar-refractivity contribution >= 4 is 5.91 Å². The summed E-state index contributed by atoms with van der Waals surface area (Å²) in [6.45, 7) is 0.224. The molecule has 0 aliphatic carbocycles. The third-order valence-corrected chi connectivity index (χ3v) is 2.76. The Bertz CT molecular complexity index is 592. The van der Waals surface area contributed by atoms with Gasteiger partial charge in [0.2, 0.25) is 0 Å². The summed E-state index contributed by atoms with van der Waals surface area (Å²) in [6, 6.07) is 9.01. The minimum Gasteiger partial charge on any atom is -0.337 e. The molecule has 7 heteroatoms. The van der Waals surface area contributed by atoms with E-state index in [1.165, 1.54) is 11.9 Å². The number of amides is 1. The molecular weight excluding hydrogens is 271 g/mol. The topological polar surface area (TPSA) is 49.0 Å². The van der Waals surface area contributed by atoms with Crippen molar-refractivity contribution in [2.24, 2.45) is 0 Å². The van der Waals surface area contributed by atoms with Crippen LogP contribution in [0.25, 0.3) is 0 Å². The van der Waals surface area contributed by atoms with Crippen LogP contribution in [0.3, 0.4) is 0 Å². The average molecular weight is 283 g/mol. The molecule has 0 unspecified atom stereocenters. The number of benzene rings is 1. The molecule has 106 valence electrons. The molecule has 1 aromatic heterocycles. The van der Waals surface area contributed by atoms with E-state index >= 15 is 0 Å². The Kier molecular flexibility index (Phi) is 3.78. The minimum atomic E-state index is -4.63. The fourth-order valence-electron chi connectivity index (χ4n) is 1.80. The monoisotopic (exact) mass is 283 g/mol. The molecule has 0 bridgehead atoms. The molecule has 0 atom stereocenters. The van der Waals surface area contributed by atoms with Crippen LogP contribution in [0.1, 0.15) is 21.6 Å². The Hall–Kier alpha value is -2.31. The van der Waals surface area contributed by atoms with Crippen molar-refractivity contribution in [2.75, 3.05) is 7.05 Å². The lowest BCUT2D eigenvalue weighted by Gasteiger charge is -2.17. The van der Waals surface area contributed by atoms with Crippen LogP contribution in [0.2, 0.25) is 0 Å². The van der Waals surface area contributed by atoms with E-state index in [0.29, 0.717) is 0 Å². The maximum Gasteiger partial charge on any atom is 0.433 e. The summed E-state index contributed by atoms with van der Waals surface area (Å²) in [5.41, 5.74) is -0.765. The maximum absolute atomic E-state index is 12.7. The van der Waals surface area contributed by atoms with Gasteiger partial charge in [0.25, 0.3) is 5.91 Å². The predicted octanol–water partition coefficient (Wildman–Crippen LogP) is 2.70. The Morgan fingerprint density at radius 2 is 1.95 bits per heavy atom. The number of nitrogens with zero attached hydrogens (tertiary/aromatic N) is 2. The van der Waals surface area contributed by atoms with E-state index in [0.717, 1.165) is 11.8 Å². The van der Waals surface area contributed by atoms with E-state index in [4.69, 9.17) is 0 Å². The second-order valence-electron chi connectivity index (χ2n) is 4.30. The van der Waals surface area contributed by atoms with Crippen molar-refractivity contribution in [3.8, 4) is 0 Å². The molecule has 0 fully saturated rings. The van der Waals surface area contributed by atoms with Gasteiger partial charge >= 0.3 is 6.18 Å². The number of H-pyrrole nitrogens is 1. The van der Waals surface area contributed by atoms with Crippen molar-refractivity contribution in [3.05, 3.63) is 53.3 Å². The number of hydrogen-bond acceptors (Lipinski definition) is 2. The van der Waals surface area contributed by atoms with Crippen LogP contribution < -0.4 is 0 Å². The Morgan fingerprint density at radius 3 is 2.55 bits per heavy atom. The highest BCUT2D eigenvalue weighted by Gasteiger charge is 2.38. The van der Waals surface area contributed by atoms with Gasteiger partial charge in [-0.05, 0) is 5.56 Å². The lowest BCUT2D eigenvalue weighted by Crippen LogP contribution is -2.28. The highest BCUT2D eigenvalue weighted by molar-refractivity contribution is 5.95. The average Bonchev–Trinajstić information content (AvgIpc) is 2.88. The van der Waals surface area contributed by atoms with Gasteiger partial charge in [-0.25, -0.2) is 0 Å².